The molecule has 0 saturated heterocycles. The second kappa shape index (κ2) is 6.71. The van der Waals surface area contributed by atoms with Gasteiger partial charge in [-0.1, -0.05) is 20.4 Å². The molecule has 4 heteroatoms. The van der Waals surface area contributed by atoms with Crippen molar-refractivity contribution < 1.29 is 14.6 Å². The average Bonchev–Trinajstić information content (AvgIpc) is 2.30. The Balaban J connectivity index is 0.00000106. The van der Waals surface area contributed by atoms with Crippen LogP contribution in [0.3, 0.4) is 0 Å². The van der Waals surface area contributed by atoms with E-state index in [0.29, 0.717) is 11.3 Å². The molecule has 0 fully saturated rings. The Labute approximate surface area is 96.3 Å². The number of hydrogen-bond acceptors (Lipinski definition) is 3. The maximum absolute atomic E-state index is 11.0. The number of nitrogens with one attached hydrogen (secondary N) is 1. The fourth-order valence-corrected chi connectivity index (χ4v) is 1.10. The van der Waals surface area contributed by atoms with Gasteiger partial charge in [0.1, 0.15) is 17.2 Å². The van der Waals surface area contributed by atoms with E-state index >= 15 is 0 Å². The molecule has 90 valence electrons. The van der Waals surface area contributed by atoms with E-state index in [1.165, 1.54) is 6.08 Å². The lowest BCUT2D eigenvalue weighted by molar-refractivity contribution is -0.125. The Hall–Kier alpha value is -1.71. The van der Waals surface area contributed by atoms with E-state index in [-0.39, 0.29) is 24.0 Å². The molecular formula is C12H19NO3. The van der Waals surface area contributed by atoms with Crippen molar-refractivity contribution in [2.24, 2.45) is 0 Å². The van der Waals surface area contributed by atoms with E-state index in [9.17, 15) is 9.90 Å². The van der Waals surface area contributed by atoms with Gasteiger partial charge in [0.15, 0.2) is 6.61 Å². The van der Waals surface area contributed by atoms with Gasteiger partial charge in [-0.05, 0) is 25.5 Å². The molecule has 16 heavy (non-hydrogen) atoms. The van der Waals surface area contributed by atoms with Gasteiger partial charge < -0.3 is 15.2 Å². The number of rotatable bonds is 2. The molecule has 0 aromatic carbocycles. The third kappa shape index (κ3) is 3.46. The topological polar surface area (TPSA) is 58.6 Å². The Morgan fingerprint density at radius 2 is 2.12 bits per heavy atom. The van der Waals surface area contributed by atoms with Gasteiger partial charge in [-0.3, -0.25) is 4.79 Å². The minimum Gasteiger partial charge on any atom is -0.506 e. The van der Waals surface area contributed by atoms with Crippen LogP contribution in [0.25, 0.3) is 0 Å². The number of hydrogen-bond donors (Lipinski definition) is 2. The van der Waals surface area contributed by atoms with Crippen LogP contribution in [0.4, 0.5) is 0 Å². The van der Waals surface area contributed by atoms with E-state index < -0.39 is 0 Å². The number of amides is 1. The molecule has 0 aliphatic carbocycles. The first-order chi connectivity index (χ1) is 7.56. The molecule has 1 heterocycles. The second-order valence-electron chi connectivity index (χ2n) is 3.00. The summed E-state index contributed by atoms with van der Waals surface area (Å²) in [6.45, 7) is 11.1. The lowest BCUT2D eigenvalue weighted by Crippen LogP contribution is -2.34. The molecule has 1 aliphatic heterocycles. The number of ether oxygens (including phenoxy) is 1. The fourth-order valence-electron chi connectivity index (χ4n) is 1.10. The van der Waals surface area contributed by atoms with Crippen molar-refractivity contribution in [1.82, 2.24) is 5.32 Å². The predicted molar refractivity (Wildman–Crippen MR) is 63.7 cm³/mol. The van der Waals surface area contributed by atoms with Crippen LogP contribution in [-0.2, 0) is 9.53 Å². The Kier molecular flexibility index (Phi) is 6.00. The lowest BCUT2D eigenvalue weighted by Gasteiger charge is -2.21. The molecule has 0 bridgehead atoms. The van der Waals surface area contributed by atoms with Gasteiger partial charge in [0.2, 0.25) is 0 Å². The zero-order valence-corrected chi connectivity index (χ0v) is 10.3. The van der Waals surface area contributed by atoms with Crippen molar-refractivity contribution in [3.63, 3.8) is 0 Å². The van der Waals surface area contributed by atoms with Crippen LogP contribution in [0.5, 0.6) is 0 Å². The highest BCUT2D eigenvalue weighted by Crippen LogP contribution is 2.20. The van der Waals surface area contributed by atoms with Crippen molar-refractivity contribution in [3.8, 4) is 0 Å². The fraction of sp³-hybridized carbons (Fsp3) is 0.417. The highest BCUT2D eigenvalue weighted by molar-refractivity contribution is 5.81. The largest absolute Gasteiger partial charge is 0.506 e. The van der Waals surface area contributed by atoms with E-state index in [4.69, 9.17) is 4.74 Å². The van der Waals surface area contributed by atoms with Crippen molar-refractivity contribution in [2.45, 2.75) is 27.7 Å². The smallest absolute Gasteiger partial charge is 0.262 e. The maximum atomic E-state index is 11.0. The first-order valence-electron chi connectivity index (χ1n) is 5.24. The Bertz CT molecular complexity index is 340. The van der Waals surface area contributed by atoms with Gasteiger partial charge >= 0.3 is 0 Å². The molecular weight excluding hydrogens is 206 g/mol. The van der Waals surface area contributed by atoms with Gasteiger partial charge in [-0.15, -0.1) is 0 Å². The first kappa shape index (κ1) is 14.3. The molecule has 0 atom stereocenters. The molecule has 0 aromatic rings. The predicted octanol–water partition coefficient (Wildman–Crippen LogP) is 2.41. The summed E-state index contributed by atoms with van der Waals surface area (Å²) in [7, 11) is 0. The van der Waals surface area contributed by atoms with Gasteiger partial charge in [-0.2, -0.15) is 0 Å². The van der Waals surface area contributed by atoms with Gasteiger partial charge in [0.05, 0.1) is 0 Å². The van der Waals surface area contributed by atoms with Crippen molar-refractivity contribution in [3.05, 3.63) is 35.4 Å². The number of aliphatic hydroxyl groups is 1. The van der Waals surface area contributed by atoms with Crippen LogP contribution >= 0.6 is 0 Å². The molecule has 0 spiro atoms. The highest BCUT2D eigenvalue weighted by Gasteiger charge is 2.21. The number of allylic oxidation sites excluding steroid dienone is 2. The summed E-state index contributed by atoms with van der Waals surface area (Å²) in [5.41, 5.74) is 0.949. The summed E-state index contributed by atoms with van der Waals surface area (Å²) in [5.74, 6) is 0.134. The van der Waals surface area contributed by atoms with Crippen molar-refractivity contribution in [1.29, 1.82) is 0 Å². The molecule has 0 radical (unpaired) electrons. The van der Waals surface area contributed by atoms with Crippen LogP contribution in [0.2, 0.25) is 0 Å². The summed E-state index contributed by atoms with van der Waals surface area (Å²) in [6.07, 6.45) is 1.48. The molecule has 4 nitrogen and oxygen atoms in total. The van der Waals surface area contributed by atoms with E-state index in [0.717, 1.165) is 0 Å². The monoisotopic (exact) mass is 225 g/mol. The molecule has 1 amide bonds. The van der Waals surface area contributed by atoms with E-state index in [2.05, 4.69) is 11.9 Å². The summed E-state index contributed by atoms with van der Waals surface area (Å²) in [6, 6.07) is 0. The highest BCUT2D eigenvalue weighted by atomic mass is 16.5. The summed E-state index contributed by atoms with van der Waals surface area (Å²) >= 11 is 0. The third-order valence-corrected chi connectivity index (χ3v) is 1.76. The quantitative estimate of drug-likeness (QED) is 0.709. The van der Waals surface area contributed by atoms with Gasteiger partial charge in [-0.25, -0.2) is 0 Å². The third-order valence-electron chi connectivity index (χ3n) is 1.76. The van der Waals surface area contributed by atoms with Gasteiger partial charge in [0.25, 0.3) is 5.91 Å². The van der Waals surface area contributed by atoms with Crippen LogP contribution in [0.15, 0.2) is 35.4 Å². The Morgan fingerprint density at radius 3 is 2.56 bits per heavy atom. The van der Waals surface area contributed by atoms with E-state index in [1.54, 1.807) is 13.8 Å². The number of carbonyl (C=O) groups is 1. The normalized spacial score (nSPS) is 15.8. The molecule has 0 saturated carbocycles. The first-order valence-corrected chi connectivity index (χ1v) is 5.24. The molecule has 1 rings (SSSR count). The standard InChI is InChI=1S/C10H13NO3.C2H6/c1-4-7(12)9-10(6(2)3)14-5-8(13)11-9;1-2/h4,12H,2,5H2,1,3H3,(H,11,13);1-2H3/b7-4+;. The maximum Gasteiger partial charge on any atom is 0.262 e. The van der Waals surface area contributed by atoms with E-state index in [1.807, 2.05) is 13.8 Å². The Morgan fingerprint density at radius 1 is 1.56 bits per heavy atom. The van der Waals surface area contributed by atoms with Crippen LogP contribution in [0, 0.1) is 0 Å². The van der Waals surface area contributed by atoms with Crippen LogP contribution < -0.4 is 5.32 Å². The minimum atomic E-state index is -0.279. The van der Waals surface area contributed by atoms with Crippen LogP contribution in [0.1, 0.15) is 27.7 Å². The second-order valence-corrected chi connectivity index (χ2v) is 3.00. The summed E-state index contributed by atoms with van der Waals surface area (Å²) in [4.78, 5) is 11.0. The summed E-state index contributed by atoms with van der Waals surface area (Å²) in [5, 5.41) is 12.0. The number of carbonyl (C=O) groups excluding carboxylic acids is 1. The lowest BCUT2D eigenvalue weighted by atomic mass is 10.2. The number of aliphatic hydroxyl groups excluding tert-OH is 1. The molecule has 0 aromatic heterocycles. The molecule has 2 N–H and O–H groups in total. The summed E-state index contributed by atoms with van der Waals surface area (Å²) < 4.78 is 5.15. The zero-order valence-electron chi connectivity index (χ0n) is 10.3. The average molecular weight is 225 g/mol. The van der Waals surface area contributed by atoms with Crippen molar-refractivity contribution in [2.75, 3.05) is 6.61 Å². The minimum absolute atomic E-state index is 0.0175. The molecule has 1 aliphatic rings. The van der Waals surface area contributed by atoms with Crippen molar-refractivity contribution >= 4 is 5.91 Å². The zero-order chi connectivity index (χ0) is 12.7. The van der Waals surface area contributed by atoms with Crippen LogP contribution in [-0.4, -0.2) is 17.6 Å². The molecule has 0 unspecified atom stereocenters. The SMILES string of the molecule is C=C(C)C1=C(/C(O)=C\C)NC(=O)CO1.CC. The van der Waals surface area contributed by atoms with Gasteiger partial charge in [0, 0.05) is 0 Å².